The molecule has 3 rings (SSSR count). The van der Waals surface area contributed by atoms with E-state index in [9.17, 15) is 4.79 Å². The standard InChI is InChI=1S/C13H13N3O2/c14-6-8-4-10-5-9(8)7-16(10)12-3-1-2-11(15-12)13(17)18/h1-3,8-10H,4-5,7H2,(H,17,18). The van der Waals surface area contributed by atoms with Gasteiger partial charge in [-0.05, 0) is 30.9 Å². The molecule has 2 heterocycles. The molecule has 0 aromatic carbocycles. The lowest BCUT2D eigenvalue weighted by molar-refractivity contribution is 0.0690. The molecule has 1 aromatic rings. The van der Waals surface area contributed by atoms with Gasteiger partial charge in [0.05, 0.1) is 12.0 Å². The van der Waals surface area contributed by atoms with Crippen molar-refractivity contribution in [1.29, 1.82) is 5.26 Å². The summed E-state index contributed by atoms with van der Waals surface area (Å²) in [5.74, 6) is 0.291. The molecule has 0 amide bonds. The van der Waals surface area contributed by atoms with Gasteiger partial charge in [-0.3, -0.25) is 0 Å². The van der Waals surface area contributed by atoms with Gasteiger partial charge < -0.3 is 10.0 Å². The summed E-state index contributed by atoms with van der Waals surface area (Å²) < 4.78 is 0. The Morgan fingerprint density at radius 3 is 2.94 bits per heavy atom. The van der Waals surface area contributed by atoms with E-state index in [4.69, 9.17) is 10.4 Å². The minimum atomic E-state index is -1.00. The molecule has 5 nitrogen and oxygen atoms in total. The molecule has 5 heteroatoms. The van der Waals surface area contributed by atoms with Crippen LogP contribution in [0.5, 0.6) is 0 Å². The van der Waals surface area contributed by atoms with Gasteiger partial charge in [0.15, 0.2) is 5.69 Å². The summed E-state index contributed by atoms with van der Waals surface area (Å²) in [4.78, 5) is 17.2. The molecule has 1 saturated carbocycles. The van der Waals surface area contributed by atoms with E-state index in [1.807, 2.05) is 6.07 Å². The zero-order valence-electron chi connectivity index (χ0n) is 9.78. The second-order valence-electron chi connectivity index (χ2n) is 4.96. The van der Waals surface area contributed by atoms with Crippen LogP contribution in [0.3, 0.4) is 0 Å². The van der Waals surface area contributed by atoms with E-state index in [0.717, 1.165) is 25.2 Å². The molecule has 1 aliphatic heterocycles. The molecule has 2 aliphatic rings. The van der Waals surface area contributed by atoms with Crippen molar-refractivity contribution in [2.45, 2.75) is 18.9 Å². The Morgan fingerprint density at radius 2 is 2.33 bits per heavy atom. The number of hydrogen-bond acceptors (Lipinski definition) is 4. The number of carboxylic acids is 1. The van der Waals surface area contributed by atoms with Crippen LogP contribution in [-0.4, -0.2) is 28.6 Å². The average Bonchev–Trinajstić information content (AvgIpc) is 2.98. The molecule has 3 unspecified atom stereocenters. The normalized spacial score (nSPS) is 29.3. The minimum absolute atomic E-state index is 0.0760. The fourth-order valence-corrected chi connectivity index (χ4v) is 3.09. The van der Waals surface area contributed by atoms with Gasteiger partial charge >= 0.3 is 5.97 Å². The minimum Gasteiger partial charge on any atom is -0.477 e. The predicted octanol–water partition coefficient (Wildman–Crippen LogP) is 1.52. The summed E-state index contributed by atoms with van der Waals surface area (Å²) in [5, 5.41) is 17.9. The largest absolute Gasteiger partial charge is 0.477 e. The third-order valence-corrected chi connectivity index (χ3v) is 3.96. The van der Waals surface area contributed by atoms with E-state index in [2.05, 4.69) is 16.0 Å². The molecule has 18 heavy (non-hydrogen) atoms. The fraction of sp³-hybridized carbons (Fsp3) is 0.462. The van der Waals surface area contributed by atoms with Crippen LogP contribution >= 0.6 is 0 Å². The highest BCUT2D eigenvalue weighted by Crippen LogP contribution is 2.43. The first kappa shape index (κ1) is 11.0. The summed E-state index contributed by atoms with van der Waals surface area (Å²) in [7, 11) is 0. The Kier molecular flexibility index (Phi) is 2.44. The molecule has 1 aromatic heterocycles. The first-order valence-electron chi connectivity index (χ1n) is 6.05. The highest BCUT2D eigenvalue weighted by atomic mass is 16.4. The van der Waals surface area contributed by atoms with Gasteiger partial charge in [0, 0.05) is 12.6 Å². The Bertz CT molecular complexity index is 537. The highest BCUT2D eigenvalue weighted by Gasteiger charge is 2.45. The number of aromatic nitrogens is 1. The van der Waals surface area contributed by atoms with Gasteiger partial charge in [-0.2, -0.15) is 5.26 Å². The van der Waals surface area contributed by atoms with Crippen LogP contribution in [0.25, 0.3) is 0 Å². The second-order valence-corrected chi connectivity index (χ2v) is 4.96. The van der Waals surface area contributed by atoms with Gasteiger partial charge in [-0.15, -0.1) is 0 Å². The van der Waals surface area contributed by atoms with Crippen LogP contribution < -0.4 is 4.90 Å². The highest BCUT2D eigenvalue weighted by molar-refractivity contribution is 5.85. The molecule has 0 radical (unpaired) electrons. The lowest BCUT2D eigenvalue weighted by Gasteiger charge is -2.30. The predicted molar refractivity (Wildman–Crippen MR) is 64.2 cm³/mol. The fourth-order valence-electron chi connectivity index (χ4n) is 3.09. The number of carboxylic acid groups (broad SMARTS) is 1. The van der Waals surface area contributed by atoms with Gasteiger partial charge in [0.25, 0.3) is 0 Å². The number of piperidine rings is 1. The van der Waals surface area contributed by atoms with Crippen molar-refractivity contribution in [3.05, 3.63) is 23.9 Å². The van der Waals surface area contributed by atoms with Gasteiger partial charge in [0.1, 0.15) is 5.82 Å². The summed E-state index contributed by atoms with van der Waals surface area (Å²) in [6.07, 6.45) is 1.90. The van der Waals surface area contributed by atoms with E-state index in [1.165, 1.54) is 6.07 Å². The maximum Gasteiger partial charge on any atom is 0.354 e. The Hall–Kier alpha value is -2.09. The Morgan fingerprint density at radius 1 is 1.50 bits per heavy atom. The third kappa shape index (κ3) is 1.61. The quantitative estimate of drug-likeness (QED) is 0.852. The van der Waals surface area contributed by atoms with Crippen molar-refractivity contribution in [1.82, 2.24) is 4.98 Å². The molecular formula is C13H13N3O2. The topological polar surface area (TPSA) is 77.2 Å². The van der Waals surface area contributed by atoms with Crippen molar-refractivity contribution in [3.8, 4) is 6.07 Å². The monoisotopic (exact) mass is 243 g/mol. The summed E-state index contributed by atoms with van der Waals surface area (Å²) in [5.41, 5.74) is 0.0760. The maximum atomic E-state index is 10.9. The van der Waals surface area contributed by atoms with Crippen LogP contribution in [0.1, 0.15) is 23.3 Å². The number of anilines is 1. The number of carbonyl (C=O) groups is 1. The van der Waals surface area contributed by atoms with Crippen LogP contribution in [0, 0.1) is 23.2 Å². The first-order chi connectivity index (χ1) is 8.69. The van der Waals surface area contributed by atoms with E-state index >= 15 is 0 Å². The number of nitriles is 1. The lowest BCUT2D eigenvalue weighted by atomic mass is 9.96. The van der Waals surface area contributed by atoms with Gasteiger partial charge in [-0.1, -0.05) is 6.07 Å². The lowest BCUT2D eigenvalue weighted by Crippen LogP contribution is -2.35. The van der Waals surface area contributed by atoms with Crippen molar-refractivity contribution >= 4 is 11.8 Å². The molecule has 2 fully saturated rings. The zero-order chi connectivity index (χ0) is 12.7. The smallest absolute Gasteiger partial charge is 0.354 e. The van der Waals surface area contributed by atoms with E-state index < -0.39 is 5.97 Å². The van der Waals surface area contributed by atoms with E-state index in [0.29, 0.717) is 12.0 Å². The number of aromatic carboxylic acids is 1. The number of pyridine rings is 1. The van der Waals surface area contributed by atoms with Gasteiger partial charge in [0.2, 0.25) is 0 Å². The van der Waals surface area contributed by atoms with Crippen molar-refractivity contribution in [2.24, 2.45) is 11.8 Å². The average molecular weight is 243 g/mol. The van der Waals surface area contributed by atoms with E-state index in [1.54, 1.807) is 6.07 Å². The number of hydrogen-bond donors (Lipinski definition) is 1. The van der Waals surface area contributed by atoms with Crippen LogP contribution in [0.15, 0.2) is 18.2 Å². The van der Waals surface area contributed by atoms with Gasteiger partial charge in [-0.25, -0.2) is 9.78 Å². The van der Waals surface area contributed by atoms with E-state index in [-0.39, 0.29) is 11.6 Å². The molecule has 2 bridgehead atoms. The van der Waals surface area contributed by atoms with Crippen molar-refractivity contribution in [2.75, 3.05) is 11.4 Å². The Labute approximate surface area is 105 Å². The molecule has 3 atom stereocenters. The Balaban J connectivity index is 1.84. The van der Waals surface area contributed by atoms with Crippen molar-refractivity contribution in [3.63, 3.8) is 0 Å². The summed E-state index contributed by atoms with van der Waals surface area (Å²) in [6.45, 7) is 0.818. The first-order valence-corrected chi connectivity index (χ1v) is 6.05. The van der Waals surface area contributed by atoms with Crippen LogP contribution in [0.2, 0.25) is 0 Å². The maximum absolute atomic E-state index is 10.9. The number of fused-ring (bicyclic) bond motifs is 2. The molecule has 1 aliphatic carbocycles. The molecule has 92 valence electrons. The van der Waals surface area contributed by atoms with Crippen LogP contribution in [0.4, 0.5) is 5.82 Å². The number of nitrogens with zero attached hydrogens (tertiary/aromatic N) is 3. The zero-order valence-corrected chi connectivity index (χ0v) is 9.78. The summed E-state index contributed by atoms with van der Waals surface area (Å²) >= 11 is 0. The second kappa shape index (κ2) is 3.98. The molecular weight excluding hydrogens is 230 g/mol. The molecule has 1 saturated heterocycles. The number of rotatable bonds is 2. The molecule has 1 N–H and O–H groups in total. The molecule has 0 spiro atoms. The summed E-state index contributed by atoms with van der Waals surface area (Å²) in [6, 6.07) is 7.76. The SMILES string of the molecule is N#CC1CC2CC1CN2c1cccc(C(=O)O)n1. The third-order valence-electron chi connectivity index (χ3n) is 3.96. The van der Waals surface area contributed by atoms with Crippen LogP contribution in [-0.2, 0) is 0 Å². The van der Waals surface area contributed by atoms with Crippen molar-refractivity contribution < 1.29 is 9.90 Å².